The standard InChI is InChI=1S/C17H16F2N2O2/c18-13-6-3-7-14(15(13)19)21-16(22)20-10-17(23)9-8-11-4-1-2-5-12(11)17/h1-7,23H,8-10H2,(H2,20,21,22). The first-order valence-corrected chi connectivity index (χ1v) is 7.29. The summed E-state index contributed by atoms with van der Waals surface area (Å²) in [7, 11) is 0. The van der Waals surface area contributed by atoms with E-state index < -0.39 is 23.3 Å². The number of carbonyl (C=O) groups excluding carboxylic acids is 1. The van der Waals surface area contributed by atoms with Crippen LogP contribution in [0.25, 0.3) is 0 Å². The van der Waals surface area contributed by atoms with E-state index in [1.54, 1.807) is 0 Å². The summed E-state index contributed by atoms with van der Waals surface area (Å²) in [6.45, 7) is -0.00716. The van der Waals surface area contributed by atoms with E-state index in [1.807, 2.05) is 24.3 Å². The molecule has 0 bridgehead atoms. The Morgan fingerprint density at radius 1 is 1.17 bits per heavy atom. The minimum absolute atomic E-state index is 0.00716. The third-order valence-corrected chi connectivity index (χ3v) is 4.07. The van der Waals surface area contributed by atoms with Gasteiger partial charge in [0.05, 0.1) is 12.2 Å². The molecule has 4 nitrogen and oxygen atoms in total. The van der Waals surface area contributed by atoms with E-state index in [2.05, 4.69) is 10.6 Å². The summed E-state index contributed by atoms with van der Waals surface area (Å²) in [4.78, 5) is 11.9. The highest BCUT2D eigenvalue weighted by atomic mass is 19.2. The number of hydrogen-bond acceptors (Lipinski definition) is 2. The Morgan fingerprint density at radius 2 is 1.96 bits per heavy atom. The second kappa shape index (κ2) is 5.96. The van der Waals surface area contributed by atoms with Gasteiger partial charge in [-0.2, -0.15) is 0 Å². The number of aliphatic hydroxyl groups is 1. The van der Waals surface area contributed by atoms with Gasteiger partial charge in [-0.25, -0.2) is 13.6 Å². The van der Waals surface area contributed by atoms with Crippen LogP contribution in [0.4, 0.5) is 19.3 Å². The Balaban J connectivity index is 1.65. The molecule has 0 aromatic heterocycles. The summed E-state index contributed by atoms with van der Waals surface area (Å²) in [5, 5.41) is 15.4. The fourth-order valence-corrected chi connectivity index (χ4v) is 2.85. The van der Waals surface area contributed by atoms with Crippen molar-refractivity contribution in [2.45, 2.75) is 18.4 Å². The maximum absolute atomic E-state index is 13.5. The number of urea groups is 1. The third-order valence-electron chi connectivity index (χ3n) is 4.07. The second-order valence-corrected chi connectivity index (χ2v) is 5.60. The molecule has 0 fully saturated rings. The third kappa shape index (κ3) is 3.03. The fraction of sp³-hybridized carbons (Fsp3) is 0.235. The van der Waals surface area contributed by atoms with E-state index in [1.165, 1.54) is 12.1 Å². The summed E-state index contributed by atoms with van der Waals surface area (Å²) < 4.78 is 26.6. The number of fused-ring (bicyclic) bond motifs is 1. The van der Waals surface area contributed by atoms with Gasteiger partial charge in [-0.1, -0.05) is 30.3 Å². The van der Waals surface area contributed by atoms with Gasteiger partial charge in [-0.15, -0.1) is 0 Å². The summed E-state index contributed by atoms with van der Waals surface area (Å²) in [6.07, 6.45) is 1.23. The van der Waals surface area contributed by atoms with Crippen molar-refractivity contribution in [2.24, 2.45) is 0 Å². The molecule has 0 spiro atoms. The predicted molar refractivity (Wildman–Crippen MR) is 82.0 cm³/mol. The number of hydrogen-bond donors (Lipinski definition) is 3. The number of amides is 2. The number of halogens is 2. The van der Waals surface area contributed by atoms with Crippen molar-refractivity contribution in [2.75, 3.05) is 11.9 Å². The average Bonchev–Trinajstić information content (AvgIpc) is 2.88. The summed E-state index contributed by atoms with van der Waals surface area (Å²) in [5.41, 5.74) is 0.445. The molecule has 1 atom stereocenters. The number of anilines is 1. The van der Waals surface area contributed by atoms with E-state index in [0.717, 1.165) is 23.6 Å². The van der Waals surface area contributed by atoms with Gasteiger partial charge in [0.2, 0.25) is 0 Å². The van der Waals surface area contributed by atoms with Crippen molar-refractivity contribution < 1.29 is 18.7 Å². The van der Waals surface area contributed by atoms with Gasteiger partial charge >= 0.3 is 6.03 Å². The molecule has 3 N–H and O–H groups in total. The maximum Gasteiger partial charge on any atom is 0.319 e. The topological polar surface area (TPSA) is 61.4 Å². The van der Waals surface area contributed by atoms with Crippen LogP contribution in [0.3, 0.4) is 0 Å². The highest BCUT2D eigenvalue weighted by Gasteiger charge is 2.36. The Morgan fingerprint density at radius 3 is 2.78 bits per heavy atom. The van der Waals surface area contributed by atoms with Gasteiger partial charge in [0.25, 0.3) is 0 Å². The van der Waals surface area contributed by atoms with Crippen LogP contribution in [0, 0.1) is 11.6 Å². The lowest BCUT2D eigenvalue weighted by atomic mass is 9.96. The lowest BCUT2D eigenvalue weighted by molar-refractivity contribution is 0.0417. The minimum Gasteiger partial charge on any atom is -0.383 e. The molecule has 6 heteroatoms. The van der Waals surface area contributed by atoms with Gasteiger partial charge < -0.3 is 15.7 Å². The molecule has 1 aliphatic rings. The molecule has 23 heavy (non-hydrogen) atoms. The summed E-state index contributed by atoms with van der Waals surface area (Å²) in [6, 6.07) is 10.3. The smallest absolute Gasteiger partial charge is 0.319 e. The molecule has 2 aromatic rings. The molecular formula is C17H16F2N2O2. The Bertz CT molecular complexity index is 751. The van der Waals surface area contributed by atoms with Gasteiger partial charge in [0.1, 0.15) is 5.60 Å². The number of nitrogens with one attached hydrogen (secondary N) is 2. The molecule has 3 rings (SSSR count). The van der Waals surface area contributed by atoms with Crippen molar-refractivity contribution in [1.29, 1.82) is 0 Å². The Labute approximate surface area is 132 Å². The first-order chi connectivity index (χ1) is 11.0. The van der Waals surface area contributed by atoms with Crippen molar-refractivity contribution in [3.05, 3.63) is 65.2 Å². The van der Waals surface area contributed by atoms with Crippen LogP contribution in [-0.2, 0) is 12.0 Å². The Hall–Kier alpha value is -2.47. The second-order valence-electron chi connectivity index (χ2n) is 5.60. The first kappa shape index (κ1) is 15.4. The monoisotopic (exact) mass is 318 g/mol. The van der Waals surface area contributed by atoms with Crippen LogP contribution in [0.2, 0.25) is 0 Å². The molecule has 120 valence electrons. The molecule has 0 heterocycles. The van der Waals surface area contributed by atoms with Crippen LogP contribution >= 0.6 is 0 Å². The quantitative estimate of drug-likeness (QED) is 0.815. The fourth-order valence-electron chi connectivity index (χ4n) is 2.85. The van der Waals surface area contributed by atoms with E-state index in [-0.39, 0.29) is 12.2 Å². The highest BCUT2D eigenvalue weighted by Crippen LogP contribution is 2.36. The van der Waals surface area contributed by atoms with Crippen LogP contribution in [0.5, 0.6) is 0 Å². The average molecular weight is 318 g/mol. The lowest BCUT2D eigenvalue weighted by Gasteiger charge is -2.24. The molecular weight excluding hydrogens is 302 g/mol. The zero-order valence-corrected chi connectivity index (χ0v) is 12.3. The molecule has 0 radical (unpaired) electrons. The molecule has 2 amide bonds. The normalized spacial score (nSPS) is 19.3. The van der Waals surface area contributed by atoms with E-state index >= 15 is 0 Å². The predicted octanol–water partition coefficient (Wildman–Crippen LogP) is 2.92. The summed E-state index contributed by atoms with van der Waals surface area (Å²) in [5.74, 6) is -2.15. The highest BCUT2D eigenvalue weighted by molar-refractivity contribution is 5.89. The van der Waals surface area contributed by atoms with E-state index in [4.69, 9.17) is 0 Å². The molecule has 1 aliphatic carbocycles. The number of rotatable bonds is 3. The van der Waals surface area contributed by atoms with Crippen LogP contribution < -0.4 is 10.6 Å². The molecule has 2 aromatic carbocycles. The first-order valence-electron chi connectivity index (χ1n) is 7.29. The molecule has 0 saturated carbocycles. The number of benzene rings is 2. The SMILES string of the molecule is O=C(NCC1(O)CCc2ccccc21)Nc1cccc(F)c1F. The van der Waals surface area contributed by atoms with Crippen molar-refractivity contribution in [1.82, 2.24) is 5.32 Å². The van der Waals surface area contributed by atoms with Gasteiger partial charge in [-0.05, 0) is 36.1 Å². The largest absolute Gasteiger partial charge is 0.383 e. The van der Waals surface area contributed by atoms with Gasteiger partial charge in [-0.3, -0.25) is 0 Å². The van der Waals surface area contributed by atoms with Crippen molar-refractivity contribution in [3.63, 3.8) is 0 Å². The molecule has 0 saturated heterocycles. The minimum atomic E-state index is -1.14. The van der Waals surface area contributed by atoms with E-state index in [0.29, 0.717) is 6.42 Å². The van der Waals surface area contributed by atoms with E-state index in [9.17, 15) is 18.7 Å². The van der Waals surface area contributed by atoms with Crippen molar-refractivity contribution in [3.8, 4) is 0 Å². The summed E-state index contributed by atoms with van der Waals surface area (Å²) >= 11 is 0. The van der Waals surface area contributed by atoms with Crippen molar-refractivity contribution >= 4 is 11.7 Å². The zero-order valence-electron chi connectivity index (χ0n) is 12.3. The van der Waals surface area contributed by atoms with Gasteiger partial charge in [0, 0.05) is 0 Å². The zero-order chi connectivity index (χ0) is 16.4. The molecule has 1 unspecified atom stereocenters. The number of carbonyl (C=O) groups is 1. The Kier molecular flexibility index (Phi) is 4.00. The van der Waals surface area contributed by atoms with Gasteiger partial charge in [0.15, 0.2) is 11.6 Å². The van der Waals surface area contributed by atoms with Crippen LogP contribution in [0.1, 0.15) is 17.5 Å². The van der Waals surface area contributed by atoms with Crippen LogP contribution in [-0.4, -0.2) is 17.7 Å². The van der Waals surface area contributed by atoms with Crippen LogP contribution in [0.15, 0.2) is 42.5 Å². The molecule has 0 aliphatic heterocycles. The lowest BCUT2D eigenvalue weighted by Crippen LogP contribution is -2.41. The maximum atomic E-state index is 13.5. The number of aryl methyl sites for hydroxylation is 1.